The van der Waals surface area contributed by atoms with E-state index in [1.165, 1.54) is 0 Å². The van der Waals surface area contributed by atoms with Crippen molar-refractivity contribution in [2.24, 2.45) is 0 Å². The number of unbranched alkanes of at least 4 members (excludes halogenated alkanes) is 2. The van der Waals surface area contributed by atoms with Gasteiger partial charge in [-0.15, -0.1) is 0 Å². The third-order valence-electron chi connectivity index (χ3n) is 2.20. The summed E-state index contributed by atoms with van der Waals surface area (Å²) in [4.78, 5) is 17.2. The Morgan fingerprint density at radius 2 is 1.48 bits per heavy atom. The molecule has 1 aliphatic heterocycles. The van der Waals surface area contributed by atoms with Crippen LogP contribution in [0.2, 0.25) is 0 Å². The smallest absolute Gasteiger partial charge is 0.373 e. The van der Waals surface area contributed by atoms with Crippen molar-refractivity contribution in [1.29, 1.82) is 0 Å². The summed E-state index contributed by atoms with van der Waals surface area (Å²) in [6.07, 6.45) is 3.38. The Morgan fingerprint density at radius 1 is 1.10 bits per heavy atom. The van der Waals surface area contributed by atoms with Gasteiger partial charge in [-0.1, -0.05) is 26.7 Å². The molecular weight excluding hydrogens is 322 g/mol. The molecular formula is C11H26O8P2. The summed E-state index contributed by atoms with van der Waals surface area (Å²) in [5.41, 5.74) is 0. The van der Waals surface area contributed by atoms with Crippen LogP contribution in [0.4, 0.5) is 0 Å². The predicted molar refractivity (Wildman–Crippen MR) is 77.9 cm³/mol. The molecule has 1 unspecified atom stereocenters. The van der Waals surface area contributed by atoms with Crippen LogP contribution in [0.5, 0.6) is 0 Å². The van der Waals surface area contributed by atoms with Gasteiger partial charge in [-0.2, -0.15) is 4.31 Å². The predicted octanol–water partition coefficient (Wildman–Crippen LogP) is 3.24. The molecule has 0 radical (unpaired) electrons. The number of ether oxygens (including phenoxy) is 1. The fraction of sp³-hybridized carbons (Fsp3) is 1.00. The molecule has 0 aromatic carbocycles. The number of phosphoric ester groups is 1. The van der Waals surface area contributed by atoms with Crippen molar-refractivity contribution >= 4 is 15.6 Å². The molecule has 0 aromatic heterocycles. The molecule has 0 spiro atoms. The molecule has 8 nitrogen and oxygen atoms in total. The van der Waals surface area contributed by atoms with Crippen LogP contribution in [-0.2, 0) is 27.2 Å². The normalized spacial score (nSPS) is 18.0. The minimum atomic E-state index is -4.90. The minimum Gasteiger partial charge on any atom is -0.373 e. The first-order chi connectivity index (χ1) is 9.72. The zero-order valence-corrected chi connectivity index (χ0v) is 14.6. The summed E-state index contributed by atoms with van der Waals surface area (Å²) < 4.78 is 40.9. The second kappa shape index (κ2) is 10.9. The summed E-state index contributed by atoms with van der Waals surface area (Å²) in [5.74, 6) is 0. The van der Waals surface area contributed by atoms with Gasteiger partial charge in [0, 0.05) is 0 Å². The quantitative estimate of drug-likeness (QED) is 0.351. The van der Waals surface area contributed by atoms with Gasteiger partial charge in [-0.3, -0.25) is 9.05 Å². The molecule has 1 heterocycles. The van der Waals surface area contributed by atoms with E-state index >= 15 is 0 Å². The second-order valence-electron chi connectivity index (χ2n) is 4.54. The van der Waals surface area contributed by atoms with Gasteiger partial charge in [0.15, 0.2) is 0 Å². The molecule has 0 aromatic rings. The Bertz CT molecular complexity index is 338. The van der Waals surface area contributed by atoms with Gasteiger partial charge in [0.25, 0.3) is 0 Å². The average molecular weight is 348 g/mol. The van der Waals surface area contributed by atoms with Crippen molar-refractivity contribution in [3.05, 3.63) is 0 Å². The largest absolute Gasteiger partial charge is 0.483 e. The third kappa shape index (κ3) is 14.9. The van der Waals surface area contributed by atoms with E-state index in [0.29, 0.717) is 18.9 Å². The summed E-state index contributed by atoms with van der Waals surface area (Å²) in [6.45, 7) is 6.98. The van der Waals surface area contributed by atoms with Crippen LogP contribution in [0.1, 0.15) is 46.5 Å². The molecule has 0 saturated carbocycles. The zero-order chi connectivity index (χ0) is 16.4. The van der Waals surface area contributed by atoms with Gasteiger partial charge >= 0.3 is 15.6 Å². The molecule has 1 fully saturated rings. The highest BCUT2D eigenvalue weighted by Crippen LogP contribution is 2.61. The minimum absolute atomic E-state index is 0.0693. The lowest BCUT2D eigenvalue weighted by Crippen LogP contribution is -2.01. The molecule has 0 amide bonds. The van der Waals surface area contributed by atoms with Crippen LogP contribution in [0.25, 0.3) is 0 Å². The maximum Gasteiger partial charge on any atom is 0.483 e. The van der Waals surface area contributed by atoms with E-state index < -0.39 is 15.6 Å². The molecule has 0 aliphatic carbocycles. The van der Waals surface area contributed by atoms with Gasteiger partial charge < -0.3 is 14.5 Å². The van der Waals surface area contributed by atoms with Crippen molar-refractivity contribution < 1.29 is 37.0 Å². The maximum absolute atomic E-state index is 11.8. The summed E-state index contributed by atoms with van der Waals surface area (Å²) in [7, 11) is -9.06. The fourth-order valence-electron chi connectivity index (χ4n) is 0.952. The summed E-state index contributed by atoms with van der Waals surface area (Å²) >= 11 is 0. The van der Waals surface area contributed by atoms with Crippen LogP contribution in [-0.4, -0.2) is 35.7 Å². The van der Waals surface area contributed by atoms with E-state index in [1.54, 1.807) is 0 Å². The molecule has 1 aliphatic rings. The number of rotatable bonds is 10. The van der Waals surface area contributed by atoms with Crippen LogP contribution < -0.4 is 0 Å². The highest BCUT2D eigenvalue weighted by molar-refractivity contribution is 7.61. The van der Waals surface area contributed by atoms with Gasteiger partial charge in [-0.25, -0.2) is 9.13 Å². The molecule has 1 saturated heterocycles. The van der Waals surface area contributed by atoms with E-state index in [2.05, 4.69) is 11.2 Å². The first kappa shape index (κ1) is 21.2. The number of hydrogen-bond donors (Lipinski definition) is 2. The summed E-state index contributed by atoms with van der Waals surface area (Å²) in [5, 5.41) is 0. The lowest BCUT2D eigenvalue weighted by Gasteiger charge is -2.17. The molecule has 1 rings (SSSR count). The Morgan fingerprint density at radius 3 is 1.71 bits per heavy atom. The number of hydrogen-bond acceptors (Lipinski definition) is 6. The van der Waals surface area contributed by atoms with Crippen LogP contribution >= 0.6 is 15.6 Å². The first-order valence-corrected chi connectivity index (χ1v) is 9.99. The van der Waals surface area contributed by atoms with Gasteiger partial charge in [0.2, 0.25) is 0 Å². The van der Waals surface area contributed by atoms with Crippen molar-refractivity contribution in [1.82, 2.24) is 0 Å². The van der Waals surface area contributed by atoms with Gasteiger partial charge in [0.05, 0.1) is 25.9 Å². The van der Waals surface area contributed by atoms with E-state index in [-0.39, 0.29) is 13.2 Å². The highest BCUT2D eigenvalue weighted by atomic mass is 31.3. The van der Waals surface area contributed by atoms with Crippen LogP contribution in [0.3, 0.4) is 0 Å². The average Bonchev–Trinajstić information content (AvgIpc) is 3.11. The zero-order valence-electron chi connectivity index (χ0n) is 12.8. The third-order valence-corrected chi connectivity index (χ3v) is 4.85. The van der Waals surface area contributed by atoms with Gasteiger partial charge in [0.1, 0.15) is 0 Å². The van der Waals surface area contributed by atoms with E-state index in [4.69, 9.17) is 23.6 Å². The monoisotopic (exact) mass is 348 g/mol. The maximum atomic E-state index is 11.8. The van der Waals surface area contributed by atoms with Crippen molar-refractivity contribution in [3.8, 4) is 0 Å². The fourth-order valence-corrected chi connectivity index (χ4v) is 3.15. The standard InChI is InChI=1S/C8H20O7P2.C3H6O/c1-3-5-7-13-17(12,14-8-6-4-2)15-16(9,10)11;1-3-2-4-3/h3-8H2,1-2H3,(H2,9,10,11);3H,2H2,1H3. The van der Waals surface area contributed by atoms with E-state index in [0.717, 1.165) is 19.4 Å². The molecule has 0 bridgehead atoms. The Labute approximate surface area is 126 Å². The first-order valence-electron chi connectivity index (χ1n) is 7.00. The Hall–Kier alpha value is 0.220. The highest BCUT2D eigenvalue weighted by Gasteiger charge is 2.35. The topological polar surface area (TPSA) is 115 Å². The SMILES string of the molecule is CC1CO1.CCCCOP(=O)(OCCCC)OP(=O)(O)O. The van der Waals surface area contributed by atoms with Gasteiger partial charge in [-0.05, 0) is 19.8 Å². The molecule has 2 N–H and O–H groups in total. The summed E-state index contributed by atoms with van der Waals surface area (Å²) in [6, 6.07) is 0. The molecule has 10 heteroatoms. The van der Waals surface area contributed by atoms with Crippen LogP contribution in [0, 0.1) is 0 Å². The van der Waals surface area contributed by atoms with Crippen molar-refractivity contribution in [2.75, 3.05) is 19.8 Å². The number of phosphoric acid groups is 2. The Balaban J connectivity index is 0.000000847. The lowest BCUT2D eigenvalue weighted by atomic mass is 10.4. The Kier molecular flexibility index (Phi) is 11.0. The molecule has 21 heavy (non-hydrogen) atoms. The lowest BCUT2D eigenvalue weighted by molar-refractivity contribution is 0.137. The van der Waals surface area contributed by atoms with Crippen molar-refractivity contribution in [2.45, 2.75) is 52.6 Å². The number of epoxide rings is 1. The second-order valence-corrected chi connectivity index (χ2v) is 7.58. The van der Waals surface area contributed by atoms with Crippen LogP contribution in [0.15, 0.2) is 0 Å². The molecule has 1 atom stereocenters. The van der Waals surface area contributed by atoms with E-state index in [1.807, 2.05) is 13.8 Å². The van der Waals surface area contributed by atoms with Crippen molar-refractivity contribution in [3.63, 3.8) is 0 Å². The molecule has 128 valence electrons. The van der Waals surface area contributed by atoms with E-state index in [9.17, 15) is 9.13 Å².